The van der Waals surface area contributed by atoms with Crippen molar-refractivity contribution in [1.82, 2.24) is 5.32 Å². The van der Waals surface area contributed by atoms with Crippen molar-refractivity contribution < 1.29 is 15.0 Å². The number of carbonyl (C=O) groups is 1. The molecular weight excluding hydrogens is 134 g/mol. The van der Waals surface area contributed by atoms with Gasteiger partial charge in [0.15, 0.2) is 0 Å². The van der Waals surface area contributed by atoms with Gasteiger partial charge in [0.1, 0.15) is 0 Å². The summed E-state index contributed by atoms with van der Waals surface area (Å²) in [4.78, 5) is 9.99. The molecule has 1 atom stereocenters. The molecule has 0 aliphatic carbocycles. The lowest BCUT2D eigenvalue weighted by molar-refractivity contribution is 0.177. The summed E-state index contributed by atoms with van der Waals surface area (Å²) >= 11 is 0. The normalized spacial score (nSPS) is 12.1. The van der Waals surface area contributed by atoms with Crippen molar-refractivity contribution in [2.75, 3.05) is 6.61 Å². The molecule has 0 aromatic heterocycles. The Morgan fingerprint density at radius 1 is 1.80 bits per heavy atom. The lowest BCUT2D eigenvalue weighted by Gasteiger charge is -2.10. The third-order valence-electron chi connectivity index (χ3n) is 0.999. The van der Waals surface area contributed by atoms with E-state index in [9.17, 15) is 4.79 Å². The second-order valence-corrected chi connectivity index (χ2v) is 1.85. The minimum absolute atomic E-state index is 0.196. The molecule has 1 unspecified atom stereocenters. The predicted octanol–water partition coefficient (Wildman–Crippen LogP) is 0.191. The molecule has 0 aromatic carbocycles. The van der Waals surface area contributed by atoms with E-state index in [1.807, 2.05) is 0 Å². The van der Waals surface area contributed by atoms with Gasteiger partial charge in [-0.2, -0.15) is 0 Å². The molecule has 3 N–H and O–H groups in total. The van der Waals surface area contributed by atoms with Gasteiger partial charge in [-0.1, -0.05) is 6.08 Å². The molecule has 0 fully saturated rings. The molecule has 0 saturated heterocycles. The first-order valence-corrected chi connectivity index (χ1v) is 2.92. The van der Waals surface area contributed by atoms with Crippen molar-refractivity contribution >= 4 is 6.09 Å². The van der Waals surface area contributed by atoms with E-state index < -0.39 is 12.1 Å². The van der Waals surface area contributed by atoms with Crippen LogP contribution in [0, 0.1) is 0 Å². The third-order valence-corrected chi connectivity index (χ3v) is 0.999. The average Bonchev–Trinajstić information content (AvgIpc) is 1.86. The molecule has 0 aromatic rings. The quantitative estimate of drug-likeness (QED) is 0.494. The zero-order valence-electron chi connectivity index (χ0n) is 5.58. The Morgan fingerprint density at radius 3 is 2.70 bits per heavy atom. The van der Waals surface area contributed by atoms with Crippen LogP contribution < -0.4 is 5.32 Å². The molecule has 0 saturated carbocycles. The van der Waals surface area contributed by atoms with E-state index in [1.165, 1.54) is 0 Å². The van der Waals surface area contributed by atoms with Crippen molar-refractivity contribution in [3.05, 3.63) is 12.7 Å². The summed E-state index contributed by atoms with van der Waals surface area (Å²) in [5, 5.41) is 18.8. The number of hydrogen-bond donors (Lipinski definition) is 3. The highest BCUT2D eigenvalue weighted by Gasteiger charge is 2.06. The summed E-state index contributed by atoms with van der Waals surface area (Å²) in [6, 6.07) is -0.421. The molecule has 0 aliphatic heterocycles. The Labute approximate surface area is 59.2 Å². The molecular formula is C6H11NO3. The number of rotatable bonds is 4. The minimum Gasteiger partial charge on any atom is -0.465 e. The van der Waals surface area contributed by atoms with Crippen molar-refractivity contribution in [3.63, 3.8) is 0 Å². The summed E-state index contributed by atoms with van der Waals surface area (Å²) < 4.78 is 0. The standard InChI is InChI=1S/C6H11NO3/c1-2-3-5(4-8)7-6(9)10/h2,5,7-8H,1,3-4H2,(H,9,10). The molecule has 0 bridgehead atoms. The Morgan fingerprint density at radius 2 is 2.40 bits per heavy atom. The van der Waals surface area contributed by atoms with Crippen LogP contribution in [0.2, 0.25) is 0 Å². The fourth-order valence-electron chi connectivity index (χ4n) is 0.555. The highest BCUT2D eigenvalue weighted by Crippen LogP contribution is 1.90. The molecule has 0 spiro atoms. The van der Waals surface area contributed by atoms with Crippen molar-refractivity contribution in [2.45, 2.75) is 12.5 Å². The first-order valence-electron chi connectivity index (χ1n) is 2.92. The molecule has 0 rings (SSSR count). The van der Waals surface area contributed by atoms with Crippen LogP contribution in [0.25, 0.3) is 0 Å². The molecule has 58 valence electrons. The van der Waals surface area contributed by atoms with Gasteiger partial charge >= 0.3 is 6.09 Å². The van der Waals surface area contributed by atoms with Crippen LogP contribution in [0.1, 0.15) is 6.42 Å². The Hall–Kier alpha value is -1.03. The summed E-state index contributed by atoms with van der Waals surface area (Å²) in [5.41, 5.74) is 0. The lowest BCUT2D eigenvalue weighted by Crippen LogP contribution is -2.35. The van der Waals surface area contributed by atoms with E-state index in [4.69, 9.17) is 10.2 Å². The first-order chi connectivity index (χ1) is 4.70. The maximum absolute atomic E-state index is 9.99. The predicted molar refractivity (Wildman–Crippen MR) is 36.8 cm³/mol. The molecule has 0 radical (unpaired) electrons. The molecule has 1 amide bonds. The molecule has 4 nitrogen and oxygen atoms in total. The van der Waals surface area contributed by atoms with Gasteiger partial charge in [-0.25, -0.2) is 4.79 Å². The Balaban J connectivity index is 3.59. The number of amides is 1. The van der Waals surface area contributed by atoms with Crippen LogP contribution >= 0.6 is 0 Å². The molecule has 0 heterocycles. The van der Waals surface area contributed by atoms with Crippen LogP contribution in [0.4, 0.5) is 4.79 Å². The summed E-state index contributed by atoms with van der Waals surface area (Å²) in [7, 11) is 0. The van der Waals surface area contributed by atoms with Crippen LogP contribution in [0.3, 0.4) is 0 Å². The fraction of sp³-hybridized carbons (Fsp3) is 0.500. The van der Waals surface area contributed by atoms with Crippen LogP contribution in [-0.4, -0.2) is 29.0 Å². The van der Waals surface area contributed by atoms with E-state index in [0.717, 1.165) is 0 Å². The summed E-state index contributed by atoms with van der Waals surface area (Å²) in [6.07, 6.45) is 0.875. The van der Waals surface area contributed by atoms with Crippen LogP contribution in [0.5, 0.6) is 0 Å². The monoisotopic (exact) mass is 145 g/mol. The van der Waals surface area contributed by atoms with Gasteiger partial charge in [0.25, 0.3) is 0 Å². The minimum atomic E-state index is -1.12. The maximum Gasteiger partial charge on any atom is 0.404 e. The highest BCUT2D eigenvalue weighted by molar-refractivity contribution is 5.64. The number of hydrogen-bond acceptors (Lipinski definition) is 2. The van der Waals surface area contributed by atoms with Crippen LogP contribution in [-0.2, 0) is 0 Å². The van der Waals surface area contributed by atoms with Gasteiger partial charge in [0.05, 0.1) is 12.6 Å². The lowest BCUT2D eigenvalue weighted by atomic mass is 10.2. The van der Waals surface area contributed by atoms with Crippen LogP contribution in [0.15, 0.2) is 12.7 Å². The molecule has 4 heteroatoms. The number of carboxylic acid groups (broad SMARTS) is 1. The second kappa shape index (κ2) is 4.81. The smallest absolute Gasteiger partial charge is 0.404 e. The van der Waals surface area contributed by atoms with E-state index in [0.29, 0.717) is 6.42 Å². The van der Waals surface area contributed by atoms with E-state index >= 15 is 0 Å². The third kappa shape index (κ3) is 3.91. The van der Waals surface area contributed by atoms with Crippen molar-refractivity contribution in [2.24, 2.45) is 0 Å². The fourth-order valence-corrected chi connectivity index (χ4v) is 0.555. The van der Waals surface area contributed by atoms with Gasteiger partial charge < -0.3 is 15.5 Å². The van der Waals surface area contributed by atoms with E-state index in [-0.39, 0.29) is 6.61 Å². The Bertz CT molecular complexity index is 124. The van der Waals surface area contributed by atoms with Gasteiger partial charge in [0.2, 0.25) is 0 Å². The Kier molecular flexibility index (Phi) is 4.32. The van der Waals surface area contributed by atoms with E-state index in [1.54, 1.807) is 6.08 Å². The molecule has 10 heavy (non-hydrogen) atoms. The van der Waals surface area contributed by atoms with Gasteiger partial charge in [-0.3, -0.25) is 0 Å². The average molecular weight is 145 g/mol. The zero-order valence-corrected chi connectivity index (χ0v) is 5.58. The number of nitrogens with one attached hydrogen (secondary N) is 1. The van der Waals surface area contributed by atoms with E-state index in [2.05, 4.69) is 11.9 Å². The second-order valence-electron chi connectivity index (χ2n) is 1.85. The van der Waals surface area contributed by atoms with Gasteiger partial charge in [0, 0.05) is 0 Å². The summed E-state index contributed by atoms with van der Waals surface area (Å²) in [6.45, 7) is 3.22. The van der Waals surface area contributed by atoms with Gasteiger partial charge in [-0.05, 0) is 6.42 Å². The molecule has 0 aliphatic rings. The van der Waals surface area contributed by atoms with Gasteiger partial charge in [-0.15, -0.1) is 6.58 Å². The highest BCUT2D eigenvalue weighted by atomic mass is 16.4. The largest absolute Gasteiger partial charge is 0.465 e. The maximum atomic E-state index is 9.99. The number of aliphatic hydroxyl groups is 1. The SMILES string of the molecule is C=CCC(CO)NC(=O)O. The van der Waals surface area contributed by atoms with Crippen molar-refractivity contribution in [3.8, 4) is 0 Å². The van der Waals surface area contributed by atoms with Crippen molar-refractivity contribution in [1.29, 1.82) is 0 Å². The number of aliphatic hydroxyl groups excluding tert-OH is 1. The summed E-state index contributed by atoms with van der Waals surface area (Å²) in [5.74, 6) is 0. The topological polar surface area (TPSA) is 69.6 Å². The first kappa shape index (κ1) is 8.97. The zero-order chi connectivity index (χ0) is 7.98.